The molecule has 0 unspecified atom stereocenters. The number of β-amino-alcohol motifs (C(OH)–C–C–N with tert-alkyl or cyclic N) is 1. The molecule has 0 aliphatic carbocycles. The van der Waals surface area contributed by atoms with Crippen LogP contribution in [-0.4, -0.2) is 48.0 Å². The van der Waals surface area contributed by atoms with E-state index in [1.807, 2.05) is 30.3 Å². The number of amides is 1. The number of benzene rings is 2. The molecule has 1 heterocycles. The van der Waals surface area contributed by atoms with E-state index in [0.717, 1.165) is 9.87 Å². The van der Waals surface area contributed by atoms with Crippen molar-refractivity contribution >= 4 is 16.1 Å². The minimum atomic E-state index is -4.05. The monoisotopic (exact) mass is 422 g/mol. The van der Waals surface area contributed by atoms with Crippen LogP contribution in [0, 0.1) is 0 Å². The maximum absolute atomic E-state index is 13.0. The van der Waals surface area contributed by atoms with Crippen LogP contribution in [-0.2, 0) is 21.4 Å². The molecule has 0 radical (unpaired) electrons. The lowest BCUT2D eigenvalue weighted by Gasteiger charge is -2.35. The van der Waals surface area contributed by atoms with Crippen LogP contribution in [0.2, 0.25) is 0 Å². The fourth-order valence-corrected chi connectivity index (χ4v) is 4.58. The van der Waals surface area contributed by atoms with Crippen molar-refractivity contribution in [3.63, 3.8) is 0 Å². The molecule has 0 spiro atoms. The number of aliphatic hydroxyl groups is 1. The summed E-state index contributed by atoms with van der Waals surface area (Å²) in [5.74, 6) is 0.499. The van der Waals surface area contributed by atoms with Gasteiger partial charge in [-0.1, -0.05) is 30.3 Å². The van der Waals surface area contributed by atoms with E-state index in [0.29, 0.717) is 12.4 Å². The zero-order valence-corrected chi connectivity index (χ0v) is 16.3. The van der Waals surface area contributed by atoms with E-state index in [-0.39, 0.29) is 24.3 Å². The first-order valence-corrected chi connectivity index (χ1v) is 10.4. The summed E-state index contributed by atoms with van der Waals surface area (Å²) in [6, 6.07) is 15.4. The summed E-state index contributed by atoms with van der Waals surface area (Å²) >= 11 is 0. The third-order valence-corrected chi connectivity index (χ3v) is 6.34. The molecule has 2 atom stereocenters. The van der Waals surface area contributed by atoms with Gasteiger partial charge >= 0.3 is 6.09 Å². The number of piperidine rings is 1. The summed E-state index contributed by atoms with van der Waals surface area (Å²) in [4.78, 5) is 11.3. The molecule has 0 saturated carbocycles. The van der Waals surface area contributed by atoms with Gasteiger partial charge in [0.15, 0.2) is 6.23 Å². The summed E-state index contributed by atoms with van der Waals surface area (Å²) < 4.78 is 37.5. The summed E-state index contributed by atoms with van der Waals surface area (Å²) in [5.41, 5.74) is 2.29. The largest absolute Gasteiger partial charge is 0.489 e. The number of hydrogen-bond acceptors (Lipinski definition) is 7. The molecule has 3 rings (SSSR count). The molecule has 0 aromatic heterocycles. The van der Waals surface area contributed by atoms with Gasteiger partial charge in [0.25, 0.3) is 0 Å². The molecule has 2 aromatic carbocycles. The van der Waals surface area contributed by atoms with Crippen molar-refractivity contribution in [2.45, 2.75) is 36.7 Å². The predicted molar refractivity (Wildman–Crippen MR) is 102 cm³/mol. The number of carbonyl (C=O) groups is 1. The van der Waals surface area contributed by atoms with Gasteiger partial charge in [0.05, 0.1) is 11.0 Å². The number of carbonyl (C=O) groups excluding carboxylic acids is 1. The van der Waals surface area contributed by atoms with E-state index in [1.54, 1.807) is 0 Å². The quantitative estimate of drug-likeness (QED) is 0.479. The zero-order valence-electron chi connectivity index (χ0n) is 15.5. The van der Waals surface area contributed by atoms with E-state index in [4.69, 9.17) is 14.7 Å². The second-order valence-corrected chi connectivity index (χ2v) is 8.41. The second-order valence-electron chi connectivity index (χ2n) is 6.52. The minimum Gasteiger partial charge on any atom is -0.489 e. The van der Waals surface area contributed by atoms with Gasteiger partial charge < -0.3 is 14.6 Å². The van der Waals surface area contributed by atoms with Crippen LogP contribution in [0.5, 0.6) is 5.75 Å². The number of ether oxygens (including phenoxy) is 2. The van der Waals surface area contributed by atoms with E-state index in [2.05, 4.69) is 0 Å². The number of sulfonamides is 1. The molecule has 0 bridgehead atoms. The summed E-state index contributed by atoms with van der Waals surface area (Å²) in [6.45, 7) is 0.120. The molecule has 1 amide bonds. The molecule has 3 N–H and O–H groups in total. The first-order chi connectivity index (χ1) is 13.9. The van der Waals surface area contributed by atoms with Gasteiger partial charge in [-0.2, -0.15) is 4.31 Å². The molecule has 1 saturated heterocycles. The Morgan fingerprint density at radius 3 is 2.45 bits per heavy atom. The Morgan fingerprint density at radius 1 is 1.10 bits per heavy atom. The highest BCUT2D eigenvalue weighted by Gasteiger charge is 2.38. The lowest BCUT2D eigenvalue weighted by Crippen LogP contribution is -2.51. The molecule has 1 aliphatic rings. The van der Waals surface area contributed by atoms with Crippen LogP contribution in [0.15, 0.2) is 59.5 Å². The average molecular weight is 422 g/mol. The summed E-state index contributed by atoms with van der Waals surface area (Å²) in [7, 11) is -4.05. The average Bonchev–Trinajstić information content (AvgIpc) is 2.74. The number of aliphatic hydroxyl groups excluding tert-OH is 1. The summed E-state index contributed by atoms with van der Waals surface area (Å²) in [5, 5.41) is 18.5. The van der Waals surface area contributed by atoms with Crippen molar-refractivity contribution in [3.05, 3.63) is 60.2 Å². The van der Waals surface area contributed by atoms with Crippen LogP contribution in [0.4, 0.5) is 4.79 Å². The third kappa shape index (κ3) is 5.24. The molecule has 1 fully saturated rings. The molecular formula is C19H22N2O7S. The molecule has 1 aliphatic heterocycles. The minimum absolute atomic E-state index is 0.0309. The van der Waals surface area contributed by atoms with Gasteiger partial charge in [0.1, 0.15) is 12.4 Å². The fourth-order valence-electron chi connectivity index (χ4n) is 3.00. The van der Waals surface area contributed by atoms with E-state index < -0.39 is 28.4 Å². The Bertz CT molecular complexity index is 919. The predicted octanol–water partition coefficient (Wildman–Crippen LogP) is 1.85. The van der Waals surface area contributed by atoms with Crippen molar-refractivity contribution in [2.24, 2.45) is 0 Å². The Morgan fingerprint density at radius 2 is 1.79 bits per heavy atom. The van der Waals surface area contributed by atoms with Gasteiger partial charge in [-0.25, -0.2) is 18.7 Å². The standard InChI is InChI=1S/C19H22N2O7S/c22-15-6-11-18(28-19(23)20-24)21(12-15)29(25,26)17-9-7-16(8-10-17)27-13-14-4-2-1-3-5-14/h1-5,7-10,15,18,22,24H,6,11-13H2,(H,20,23)/t15-,18-/m1/s1. The Labute approximate surface area is 168 Å². The number of nitrogens with zero attached hydrogens (tertiary/aromatic N) is 1. The summed E-state index contributed by atoms with van der Waals surface area (Å²) in [6.07, 6.45) is -2.82. The molecule has 9 nitrogen and oxygen atoms in total. The third-order valence-electron chi connectivity index (χ3n) is 4.47. The molecular weight excluding hydrogens is 400 g/mol. The van der Waals surface area contributed by atoms with Gasteiger partial charge in [-0.15, -0.1) is 0 Å². The number of rotatable bonds is 6. The molecule has 10 heteroatoms. The highest BCUT2D eigenvalue weighted by atomic mass is 32.2. The Balaban J connectivity index is 1.73. The first kappa shape index (κ1) is 21.1. The van der Waals surface area contributed by atoms with Crippen LogP contribution in [0.3, 0.4) is 0 Å². The number of hydroxylamine groups is 1. The smallest absolute Gasteiger partial charge is 0.432 e. The van der Waals surface area contributed by atoms with Gasteiger partial charge in [0.2, 0.25) is 10.0 Å². The maximum atomic E-state index is 13.0. The van der Waals surface area contributed by atoms with Crippen LogP contribution >= 0.6 is 0 Å². The first-order valence-electron chi connectivity index (χ1n) is 8.97. The molecule has 156 valence electrons. The highest BCUT2D eigenvalue weighted by Crippen LogP contribution is 2.27. The fraction of sp³-hybridized carbons (Fsp3) is 0.316. The Kier molecular flexibility index (Phi) is 6.70. The molecule has 29 heavy (non-hydrogen) atoms. The normalized spacial score (nSPS) is 20.1. The number of nitrogens with one attached hydrogen (secondary N) is 1. The Hall–Kier alpha value is -2.66. The highest BCUT2D eigenvalue weighted by molar-refractivity contribution is 7.89. The lowest BCUT2D eigenvalue weighted by molar-refractivity contribution is -0.0392. The van der Waals surface area contributed by atoms with E-state index in [9.17, 15) is 18.3 Å². The van der Waals surface area contributed by atoms with Crippen molar-refractivity contribution in [2.75, 3.05) is 6.54 Å². The van der Waals surface area contributed by atoms with E-state index >= 15 is 0 Å². The van der Waals surface area contributed by atoms with Crippen LogP contribution < -0.4 is 10.2 Å². The lowest BCUT2D eigenvalue weighted by atomic mass is 10.1. The molecule has 2 aromatic rings. The van der Waals surface area contributed by atoms with Crippen molar-refractivity contribution in [1.82, 2.24) is 9.79 Å². The van der Waals surface area contributed by atoms with Crippen LogP contribution in [0.1, 0.15) is 18.4 Å². The topological polar surface area (TPSA) is 125 Å². The number of hydrogen-bond donors (Lipinski definition) is 3. The van der Waals surface area contributed by atoms with Gasteiger partial charge in [-0.05, 0) is 36.2 Å². The maximum Gasteiger partial charge on any atom is 0.432 e. The second kappa shape index (κ2) is 9.23. The zero-order chi connectivity index (χ0) is 20.9. The van der Waals surface area contributed by atoms with Crippen molar-refractivity contribution < 1.29 is 33.0 Å². The SMILES string of the molecule is O=C(NO)O[C@@H]1CC[C@@H](O)CN1S(=O)(=O)c1ccc(OCc2ccccc2)cc1. The van der Waals surface area contributed by atoms with Gasteiger partial charge in [-0.3, -0.25) is 5.21 Å². The van der Waals surface area contributed by atoms with Crippen molar-refractivity contribution in [1.29, 1.82) is 0 Å². The van der Waals surface area contributed by atoms with Crippen molar-refractivity contribution in [3.8, 4) is 5.75 Å². The van der Waals surface area contributed by atoms with Crippen LogP contribution in [0.25, 0.3) is 0 Å². The van der Waals surface area contributed by atoms with E-state index in [1.165, 1.54) is 29.7 Å². The van der Waals surface area contributed by atoms with Gasteiger partial charge in [0, 0.05) is 13.0 Å².